The number of hydrogen-bond donors (Lipinski definition) is 2. The first-order valence-electron chi connectivity index (χ1n) is 7.58. The molecule has 0 aliphatic heterocycles. The number of carbonyl (C=O) groups is 1. The fraction of sp³-hybridized carbons (Fsp3) is 0.105. The lowest BCUT2D eigenvalue weighted by Gasteiger charge is -2.09. The minimum absolute atomic E-state index is 0.0783. The summed E-state index contributed by atoms with van der Waals surface area (Å²) in [6, 6.07) is 15.6. The minimum atomic E-state index is -0.625. The van der Waals surface area contributed by atoms with Crippen molar-refractivity contribution in [3.8, 4) is 5.75 Å². The highest BCUT2D eigenvalue weighted by Gasteiger charge is 2.15. The summed E-state index contributed by atoms with van der Waals surface area (Å²) in [6.45, 7) is 2.92. The maximum atomic E-state index is 11.5. The van der Waals surface area contributed by atoms with E-state index in [4.69, 9.17) is 5.73 Å². The Kier molecular flexibility index (Phi) is 2.81. The molecule has 0 radical (unpaired) electrons. The average molecular weight is 304 g/mol. The van der Waals surface area contributed by atoms with Gasteiger partial charge in [-0.2, -0.15) is 0 Å². The van der Waals surface area contributed by atoms with E-state index in [1.165, 1.54) is 5.39 Å². The van der Waals surface area contributed by atoms with E-state index in [-0.39, 0.29) is 11.3 Å². The first-order chi connectivity index (χ1) is 11.1. The van der Waals surface area contributed by atoms with Gasteiger partial charge in [-0.3, -0.25) is 4.79 Å². The molecule has 0 saturated heterocycles. The lowest BCUT2D eigenvalue weighted by atomic mass is 10.0. The molecule has 4 nitrogen and oxygen atoms in total. The van der Waals surface area contributed by atoms with Crippen LogP contribution in [0.2, 0.25) is 0 Å². The van der Waals surface area contributed by atoms with E-state index in [1.807, 2.05) is 18.2 Å². The molecule has 4 heteroatoms. The Morgan fingerprint density at radius 2 is 1.87 bits per heavy atom. The second-order valence-corrected chi connectivity index (χ2v) is 5.68. The molecule has 0 aliphatic carbocycles. The Hall–Kier alpha value is -3.01. The average Bonchev–Trinajstić information content (AvgIpc) is 2.88. The molecule has 0 bridgehead atoms. The van der Waals surface area contributed by atoms with Crippen molar-refractivity contribution in [2.24, 2.45) is 5.73 Å². The number of aromatic hydroxyl groups is 1. The van der Waals surface area contributed by atoms with Crippen LogP contribution in [0.3, 0.4) is 0 Å². The summed E-state index contributed by atoms with van der Waals surface area (Å²) in [7, 11) is 0. The third-order valence-electron chi connectivity index (χ3n) is 4.44. The molecule has 1 heterocycles. The molecule has 1 aromatic heterocycles. The number of carbonyl (C=O) groups excluding carboxylic acids is 1. The van der Waals surface area contributed by atoms with Crippen molar-refractivity contribution in [1.82, 2.24) is 4.57 Å². The highest BCUT2D eigenvalue weighted by atomic mass is 16.3. The number of phenols is 1. The summed E-state index contributed by atoms with van der Waals surface area (Å²) >= 11 is 0. The monoisotopic (exact) mass is 304 g/mol. The van der Waals surface area contributed by atoms with Gasteiger partial charge in [-0.05, 0) is 30.5 Å². The normalized spacial score (nSPS) is 11.5. The van der Waals surface area contributed by atoms with Crippen molar-refractivity contribution in [1.29, 1.82) is 0 Å². The van der Waals surface area contributed by atoms with Gasteiger partial charge in [-0.15, -0.1) is 0 Å². The van der Waals surface area contributed by atoms with E-state index in [1.54, 1.807) is 12.1 Å². The molecule has 0 fully saturated rings. The van der Waals surface area contributed by atoms with Crippen molar-refractivity contribution in [2.45, 2.75) is 13.5 Å². The van der Waals surface area contributed by atoms with Crippen molar-refractivity contribution in [2.75, 3.05) is 0 Å². The van der Waals surface area contributed by atoms with Gasteiger partial charge in [0.2, 0.25) is 0 Å². The van der Waals surface area contributed by atoms with E-state index < -0.39 is 5.91 Å². The molecule has 114 valence electrons. The molecule has 0 saturated carbocycles. The smallest absolute Gasteiger partial charge is 0.252 e. The number of aromatic nitrogens is 1. The van der Waals surface area contributed by atoms with Crippen molar-refractivity contribution < 1.29 is 9.90 Å². The number of primary amides is 1. The number of nitrogens with two attached hydrogens (primary N) is 1. The van der Waals surface area contributed by atoms with Gasteiger partial charge in [0, 0.05) is 28.2 Å². The summed E-state index contributed by atoms with van der Waals surface area (Å²) in [5, 5.41) is 14.3. The fourth-order valence-corrected chi connectivity index (χ4v) is 3.44. The number of hydrogen-bond acceptors (Lipinski definition) is 2. The topological polar surface area (TPSA) is 68.2 Å². The Bertz CT molecular complexity index is 1090. The number of benzene rings is 3. The molecule has 4 aromatic rings. The second-order valence-electron chi connectivity index (χ2n) is 5.68. The third-order valence-corrected chi connectivity index (χ3v) is 4.44. The SMILES string of the molecule is CCn1c2ccccc2c2ccc3cc(C(N)=O)c(O)cc3c21. The Balaban J connectivity index is 2.24. The van der Waals surface area contributed by atoms with Crippen LogP contribution in [0, 0.1) is 0 Å². The number of aryl methyl sites for hydroxylation is 1. The maximum absolute atomic E-state index is 11.5. The number of amides is 1. The fourth-order valence-electron chi connectivity index (χ4n) is 3.44. The Labute approximate surface area is 132 Å². The van der Waals surface area contributed by atoms with Gasteiger partial charge in [-0.25, -0.2) is 0 Å². The third kappa shape index (κ3) is 1.81. The van der Waals surface area contributed by atoms with E-state index in [0.717, 1.165) is 33.7 Å². The molecule has 4 rings (SSSR count). The number of nitrogens with zero attached hydrogens (tertiary/aromatic N) is 1. The number of rotatable bonds is 2. The zero-order valence-corrected chi connectivity index (χ0v) is 12.7. The Morgan fingerprint density at radius 1 is 1.09 bits per heavy atom. The van der Waals surface area contributed by atoms with Crippen LogP contribution in [0.5, 0.6) is 5.75 Å². The van der Waals surface area contributed by atoms with Gasteiger partial charge in [-0.1, -0.05) is 30.3 Å². The molecule has 3 aromatic carbocycles. The molecule has 0 aliphatic rings. The first kappa shape index (κ1) is 13.6. The first-order valence-corrected chi connectivity index (χ1v) is 7.58. The van der Waals surface area contributed by atoms with Crippen LogP contribution in [0.4, 0.5) is 0 Å². The summed E-state index contributed by atoms with van der Waals surface area (Å²) in [5.41, 5.74) is 7.71. The standard InChI is InChI=1S/C19H16N2O2/c1-2-21-16-6-4-3-5-12(16)13-8-7-11-9-15(19(20)23)17(22)10-14(11)18(13)21/h3-10,22H,2H2,1H3,(H2,20,23). The maximum Gasteiger partial charge on any atom is 0.252 e. The van der Waals surface area contributed by atoms with Crippen LogP contribution in [0.25, 0.3) is 32.6 Å². The van der Waals surface area contributed by atoms with E-state index in [9.17, 15) is 9.90 Å². The van der Waals surface area contributed by atoms with Crippen molar-refractivity contribution in [3.05, 3.63) is 54.1 Å². The zero-order valence-electron chi connectivity index (χ0n) is 12.7. The molecular weight excluding hydrogens is 288 g/mol. The molecule has 0 spiro atoms. The highest BCUT2D eigenvalue weighted by molar-refractivity contribution is 6.18. The summed E-state index contributed by atoms with van der Waals surface area (Å²) < 4.78 is 2.23. The number of fused-ring (bicyclic) bond motifs is 5. The van der Waals surface area contributed by atoms with Crippen LogP contribution in [0.1, 0.15) is 17.3 Å². The lowest BCUT2D eigenvalue weighted by Crippen LogP contribution is -2.11. The van der Waals surface area contributed by atoms with E-state index in [0.29, 0.717) is 0 Å². The quantitative estimate of drug-likeness (QED) is 0.592. The second kappa shape index (κ2) is 4.74. The molecule has 3 N–H and O–H groups in total. The van der Waals surface area contributed by atoms with Crippen molar-refractivity contribution in [3.63, 3.8) is 0 Å². The van der Waals surface area contributed by atoms with Crippen LogP contribution in [-0.2, 0) is 6.54 Å². The van der Waals surface area contributed by atoms with Crippen LogP contribution in [0.15, 0.2) is 48.5 Å². The van der Waals surface area contributed by atoms with Crippen LogP contribution >= 0.6 is 0 Å². The Morgan fingerprint density at radius 3 is 2.61 bits per heavy atom. The highest BCUT2D eigenvalue weighted by Crippen LogP contribution is 2.36. The van der Waals surface area contributed by atoms with E-state index >= 15 is 0 Å². The van der Waals surface area contributed by atoms with Gasteiger partial charge in [0.05, 0.1) is 11.1 Å². The molecular formula is C19H16N2O2. The van der Waals surface area contributed by atoms with Gasteiger partial charge >= 0.3 is 0 Å². The predicted molar refractivity (Wildman–Crippen MR) is 92.8 cm³/mol. The predicted octanol–water partition coefficient (Wildman–Crippen LogP) is 3.77. The lowest BCUT2D eigenvalue weighted by molar-refractivity contribution is 0.0998. The van der Waals surface area contributed by atoms with Crippen molar-refractivity contribution >= 4 is 38.5 Å². The molecule has 23 heavy (non-hydrogen) atoms. The minimum Gasteiger partial charge on any atom is -0.507 e. The number of para-hydroxylation sites is 1. The van der Waals surface area contributed by atoms with Gasteiger partial charge < -0.3 is 15.4 Å². The van der Waals surface area contributed by atoms with Crippen LogP contribution in [-0.4, -0.2) is 15.6 Å². The summed E-state index contributed by atoms with van der Waals surface area (Å²) in [6.07, 6.45) is 0. The van der Waals surface area contributed by atoms with Gasteiger partial charge in [0.15, 0.2) is 0 Å². The summed E-state index contributed by atoms with van der Waals surface area (Å²) in [4.78, 5) is 11.5. The largest absolute Gasteiger partial charge is 0.507 e. The molecule has 0 unspecified atom stereocenters. The summed E-state index contributed by atoms with van der Waals surface area (Å²) in [5.74, 6) is -0.703. The van der Waals surface area contributed by atoms with E-state index in [2.05, 4.69) is 29.7 Å². The van der Waals surface area contributed by atoms with Gasteiger partial charge in [0.1, 0.15) is 5.75 Å². The van der Waals surface area contributed by atoms with Gasteiger partial charge in [0.25, 0.3) is 5.91 Å². The molecule has 1 amide bonds. The van der Waals surface area contributed by atoms with Crippen LogP contribution < -0.4 is 5.73 Å². The zero-order chi connectivity index (χ0) is 16.1. The molecule has 0 atom stereocenters.